The molecule has 0 fully saturated rings. The van der Waals surface area contributed by atoms with E-state index in [-0.39, 0.29) is 12.6 Å². The summed E-state index contributed by atoms with van der Waals surface area (Å²) in [6.45, 7) is 1.63. The molecule has 0 spiro atoms. The number of nitrogens with one attached hydrogen (secondary N) is 1. The molecule has 2 N–H and O–H groups in total. The largest absolute Gasteiger partial charge is 0.479 e. The van der Waals surface area contributed by atoms with Crippen LogP contribution >= 0.6 is 23.5 Å². The summed E-state index contributed by atoms with van der Waals surface area (Å²) >= 11 is 7.19. The SMILES string of the molecule is C[C@H](OCc1ccc2c(c1)NC(=O)N(c1ccc(Cl)cc1)S2)C(=O)O. The first kappa shape index (κ1) is 17.6. The number of benzene rings is 2. The number of amides is 2. The number of hydrogen-bond acceptors (Lipinski definition) is 4. The molecule has 0 bridgehead atoms. The van der Waals surface area contributed by atoms with Crippen molar-refractivity contribution in [3.63, 3.8) is 0 Å². The highest BCUT2D eigenvalue weighted by molar-refractivity contribution is 8.01. The van der Waals surface area contributed by atoms with Gasteiger partial charge in [0.25, 0.3) is 0 Å². The molecular weight excluding hydrogens is 364 g/mol. The van der Waals surface area contributed by atoms with Crippen molar-refractivity contribution in [1.82, 2.24) is 0 Å². The standard InChI is InChI=1S/C17H15ClN2O4S/c1-10(16(21)22)24-9-11-2-7-15-14(8-11)19-17(23)20(25-15)13-5-3-12(18)4-6-13/h2-8,10H,9H2,1H3,(H,19,23)(H,21,22)/t10-/m0/s1. The Hall–Kier alpha value is -2.22. The third-order valence-corrected chi connectivity index (χ3v) is 4.93. The fourth-order valence-electron chi connectivity index (χ4n) is 2.19. The van der Waals surface area contributed by atoms with Crippen molar-refractivity contribution in [1.29, 1.82) is 0 Å². The van der Waals surface area contributed by atoms with E-state index in [0.29, 0.717) is 10.7 Å². The van der Waals surface area contributed by atoms with E-state index in [9.17, 15) is 9.59 Å². The summed E-state index contributed by atoms with van der Waals surface area (Å²) in [6, 6.07) is 12.2. The van der Waals surface area contributed by atoms with Gasteiger partial charge in [0.15, 0.2) is 6.10 Å². The smallest absolute Gasteiger partial charge is 0.336 e. The quantitative estimate of drug-likeness (QED) is 0.754. The third-order valence-electron chi connectivity index (χ3n) is 3.57. The van der Waals surface area contributed by atoms with Gasteiger partial charge in [-0.2, -0.15) is 0 Å². The second-order valence-corrected chi connectivity index (χ2v) is 6.84. The van der Waals surface area contributed by atoms with Crippen LogP contribution in [0.1, 0.15) is 12.5 Å². The molecule has 1 aliphatic heterocycles. The number of carboxylic acids is 1. The Bertz CT molecular complexity index is 813. The molecule has 3 rings (SSSR count). The molecule has 2 amide bonds. The second-order valence-electron chi connectivity index (χ2n) is 5.41. The molecule has 25 heavy (non-hydrogen) atoms. The zero-order valence-corrected chi connectivity index (χ0v) is 14.8. The average Bonchev–Trinajstić information content (AvgIpc) is 2.59. The number of nitrogens with zero attached hydrogens (tertiary/aromatic N) is 1. The van der Waals surface area contributed by atoms with Gasteiger partial charge in [0, 0.05) is 5.02 Å². The number of carbonyl (C=O) groups excluding carboxylic acids is 1. The van der Waals surface area contributed by atoms with Crippen molar-refractivity contribution < 1.29 is 19.4 Å². The maximum absolute atomic E-state index is 12.4. The van der Waals surface area contributed by atoms with Crippen molar-refractivity contribution in [2.45, 2.75) is 24.5 Å². The molecule has 0 saturated carbocycles. The Morgan fingerprint density at radius 1 is 1.32 bits per heavy atom. The summed E-state index contributed by atoms with van der Waals surface area (Å²) in [4.78, 5) is 24.0. The Morgan fingerprint density at radius 3 is 2.72 bits per heavy atom. The lowest BCUT2D eigenvalue weighted by Gasteiger charge is -2.28. The van der Waals surface area contributed by atoms with Crippen molar-refractivity contribution in [3.05, 3.63) is 53.1 Å². The van der Waals surface area contributed by atoms with Gasteiger partial charge in [-0.25, -0.2) is 13.9 Å². The highest BCUT2D eigenvalue weighted by atomic mass is 35.5. The van der Waals surface area contributed by atoms with E-state index in [0.717, 1.165) is 16.1 Å². The maximum Gasteiger partial charge on any atom is 0.336 e. The van der Waals surface area contributed by atoms with E-state index in [1.54, 1.807) is 34.6 Å². The van der Waals surface area contributed by atoms with Gasteiger partial charge in [-0.1, -0.05) is 17.7 Å². The van der Waals surface area contributed by atoms with E-state index >= 15 is 0 Å². The first-order chi connectivity index (χ1) is 11.9. The topological polar surface area (TPSA) is 78.9 Å². The fourth-order valence-corrected chi connectivity index (χ4v) is 3.20. The Balaban J connectivity index is 1.75. The van der Waals surface area contributed by atoms with Crippen LogP contribution in [0.25, 0.3) is 0 Å². The Labute approximate surface area is 153 Å². The number of urea groups is 1. The van der Waals surface area contributed by atoms with Crippen molar-refractivity contribution in [3.8, 4) is 0 Å². The van der Waals surface area contributed by atoms with E-state index in [1.807, 2.05) is 12.1 Å². The van der Waals surface area contributed by atoms with Gasteiger partial charge in [-0.15, -0.1) is 0 Å². The molecule has 130 valence electrons. The molecule has 0 saturated heterocycles. The normalized spacial score (nSPS) is 14.6. The minimum absolute atomic E-state index is 0.155. The summed E-state index contributed by atoms with van der Waals surface area (Å²) in [7, 11) is 0. The molecule has 0 aromatic heterocycles. The highest BCUT2D eigenvalue weighted by Gasteiger charge is 2.25. The van der Waals surface area contributed by atoms with E-state index in [1.165, 1.54) is 18.9 Å². The van der Waals surface area contributed by atoms with Crippen LogP contribution in [0.4, 0.5) is 16.2 Å². The zero-order chi connectivity index (χ0) is 18.0. The van der Waals surface area contributed by atoms with Gasteiger partial charge in [0.05, 0.1) is 22.9 Å². The number of carbonyl (C=O) groups is 2. The molecule has 6 nitrogen and oxygen atoms in total. The van der Waals surface area contributed by atoms with Crippen LogP contribution in [-0.4, -0.2) is 23.2 Å². The molecule has 2 aromatic rings. The van der Waals surface area contributed by atoms with Crippen LogP contribution in [0, 0.1) is 0 Å². The highest BCUT2D eigenvalue weighted by Crippen LogP contribution is 2.39. The number of rotatable bonds is 5. The van der Waals surface area contributed by atoms with Crippen LogP contribution in [0.2, 0.25) is 5.02 Å². The summed E-state index contributed by atoms with van der Waals surface area (Å²) in [5.41, 5.74) is 2.18. The van der Waals surface area contributed by atoms with Crippen LogP contribution in [0.3, 0.4) is 0 Å². The summed E-state index contributed by atoms with van der Waals surface area (Å²) in [5.74, 6) is -1.01. The predicted octanol–water partition coefficient (Wildman–Crippen LogP) is 4.39. The molecule has 0 aliphatic carbocycles. The van der Waals surface area contributed by atoms with Crippen LogP contribution in [0.5, 0.6) is 0 Å². The van der Waals surface area contributed by atoms with E-state index < -0.39 is 12.1 Å². The predicted molar refractivity (Wildman–Crippen MR) is 97.1 cm³/mol. The second kappa shape index (κ2) is 7.35. The first-order valence-electron chi connectivity index (χ1n) is 7.46. The molecule has 1 atom stereocenters. The minimum Gasteiger partial charge on any atom is -0.479 e. The number of halogens is 1. The lowest BCUT2D eigenvalue weighted by molar-refractivity contribution is -0.149. The number of anilines is 2. The molecular formula is C17H15ClN2O4S. The molecule has 1 aliphatic rings. The van der Waals surface area contributed by atoms with Gasteiger partial charge < -0.3 is 15.2 Å². The summed E-state index contributed by atoms with van der Waals surface area (Å²) < 4.78 is 6.81. The summed E-state index contributed by atoms with van der Waals surface area (Å²) in [5, 5.41) is 12.3. The van der Waals surface area contributed by atoms with Crippen molar-refractivity contribution in [2.75, 3.05) is 9.62 Å². The van der Waals surface area contributed by atoms with Crippen molar-refractivity contribution >= 4 is 46.9 Å². The number of aliphatic carboxylic acids is 1. The fraction of sp³-hybridized carbons (Fsp3) is 0.176. The van der Waals surface area contributed by atoms with Gasteiger partial charge in [0.2, 0.25) is 0 Å². The molecule has 1 heterocycles. The zero-order valence-electron chi connectivity index (χ0n) is 13.2. The molecule has 2 aromatic carbocycles. The third kappa shape index (κ3) is 4.07. The molecule has 8 heteroatoms. The van der Waals surface area contributed by atoms with Gasteiger partial charge in [-0.05, 0) is 60.8 Å². The number of hydrogen-bond donors (Lipinski definition) is 2. The average molecular weight is 379 g/mol. The lowest BCUT2D eigenvalue weighted by Crippen LogP contribution is -2.32. The van der Waals surface area contributed by atoms with E-state index in [2.05, 4.69) is 5.32 Å². The van der Waals surface area contributed by atoms with Gasteiger partial charge in [-0.3, -0.25) is 0 Å². The van der Waals surface area contributed by atoms with Crippen LogP contribution in [-0.2, 0) is 16.1 Å². The minimum atomic E-state index is -1.01. The number of carboxylic acid groups (broad SMARTS) is 1. The van der Waals surface area contributed by atoms with Gasteiger partial charge >= 0.3 is 12.0 Å². The molecule has 0 unspecified atom stereocenters. The van der Waals surface area contributed by atoms with Crippen LogP contribution < -0.4 is 9.62 Å². The van der Waals surface area contributed by atoms with Crippen molar-refractivity contribution in [2.24, 2.45) is 0 Å². The monoisotopic (exact) mass is 378 g/mol. The lowest BCUT2D eigenvalue weighted by atomic mass is 10.2. The number of fused-ring (bicyclic) bond motifs is 1. The Morgan fingerprint density at radius 2 is 2.04 bits per heavy atom. The Kier molecular flexibility index (Phi) is 5.17. The summed E-state index contributed by atoms with van der Waals surface area (Å²) in [6.07, 6.45) is -0.889. The first-order valence-corrected chi connectivity index (χ1v) is 8.61. The van der Waals surface area contributed by atoms with Gasteiger partial charge in [0.1, 0.15) is 0 Å². The maximum atomic E-state index is 12.4. The van der Waals surface area contributed by atoms with Crippen LogP contribution in [0.15, 0.2) is 47.4 Å². The molecule has 0 radical (unpaired) electrons. The number of ether oxygens (including phenoxy) is 1. The van der Waals surface area contributed by atoms with E-state index in [4.69, 9.17) is 21.4 Å².